The minimum atomic E-state index is -0.345. The Hall–Kier alpha value is -2.62. The first-order valence-corrected chi connectivity index (χ1v) is 7.98. The van der Waals surface area contributed by atoms with Crippen molar-refractivity contribution >= 4 is 28.2 Å². The molecule has 4 nitrogen and oxygen atoms in total. The predicted molar refractivity (Wildman–Crippen MR) is 89.7 cm³/mol. The minimum absolute atomic E-state index is 0.0233. The van der Waals surface area contributed by atoms with Gasteiger partial charge < -0.3 is 10.2 Å². The first-order valence-electron chi connectivity index (χ1n) is 7.98. The van der Waals surface area contributed by atoms with E-state index in [4.69, 9.17) is 0 Å². The third kappa shape index (κ3) is 2.50. The Morgan fingerprint density at radius 1 is 1.13 bits per heavy atom. The van der Waals surface area contributed by atoms with Crippen molar-refractivity contribution in [2.45, 2.75) is 18.9 Å². The maximum absolute atomic E-state index is 12.5. The molecule has 1 N–H and O–H groups in total. The zero-order valence-electron chi connectivity index (χ0n) is 12.8. The molecule has 0 spiro atoms. The maximum Gasteiger partial charge on any atom is 0.245 e. The topological polar surface area (TPSA) is 49.4 Å². The molecule has 0 bridgehead atoms. The van der Waals surface area contributed by atoms with Crippen LogP contribution in [0.4, 0.5) is 0 Å². The fraction of sp³-hybridized carbons (Fsp3) is 0.263. The lowest BCUT2D eigenvalue weighted by atomic mass is 9.99. The first kappa shape index (κ1) is 14.0. The van der Waals surface area contributed by atoms with Crippen molar-refractivity contribution in [2.24, 2.45) is 0 Å². The smallest absolute Gasteiger partial charge is 0.245 e. The number of rotatable bonds is 2. The molecule has 0 aromatic heterocycles. The van der Waals surface area contributed by atoms with Crippen LogP contribution in [0.3, 0.4) is 0 Å². The number of amides is 2. The van der Waals surface area contributed by atoms with Crippen LogP contribution in [0.25, 0.3) is 16.3 Å². The van der Waals surface area contributed by atoms with Crippen LogP contribution in [0, 0.1) is 0 Å². The van der Waals surface area contributed by atoms with Gasteiger partial charge in [0.2, 0.25) is 11.8 Å². The number of nitrogens with zero attached hydrogens (tertiary/aromatic N) is 1. The molecule has 1 saturated heterocycles. The van der Waals surface area contributed by atoms with Gasteiger partial charge in [0.25, 0.3) is 0 Å². The number of carbonyl (C=O) groups excluding carboxylic acids is 2. The van der Waals surface area contributed by atoms with Crippen LogP contribution in [-0.4, -0.2) is 35.8 Å². The van der Waals surface area contributed by atoms with Crippen LogP contribution in [0.5, 0.6) is 0 Å². The molecule has 1 fully saturated rings. The van der Waals surface area contributed by atoms with E-state index in [1.807, 2.05) is 17.0 Å². The van der Waals surface area contributed by atoms with Gasteiger partial charge in [0, 0.05) is 19.5 Å². The third-order valence-electron chi connectivity index (χ3n) is 4.66. The lowest BCUT2D eigenvalue weighted by Gasteiger charge is -2.20. The average Bonchev–Trinajstić information content (AvgIpc) is 3.23. The standard InChI is InChI=1S/C19H18N2O2/c22-18-9-8-17(20-18)19(23)21-11-10-14(12-21)16-7-3-5-13-4-1-2-6-15(13)16/h1-7,10,17H,8-9,11-12H2,(H,20,22)/t17-/m1/s1. The van der Waals surface area contributed by atoms with Gasteiger partial charge >= 0.3 is 0 Å². The van der Waals surface area contributed by atoms with Crippen molar-refractivity contribution in [3.05, 3.63) is 54.1 Å². The molecule has 0 unspecified atom stereocenters. The Morgan fingerprint density at radius 3 is 2.78 bits per heavy atom. The Kier molecular flexibility index (Phi) is 3.37. The monoisotopic (exact) mass is 306 g/mol. The second-order valence-corrected chi connectivity index (χ2v) is 6.13. The van der Waals surface area contributed by atoms with Gasteiger partial charge in [0.1, 0.15) is 6.04 Å². The molecule has 2 amide bonds. The fourth-order valence-electron chi connectivity index (χ4n) is 3.44. The van der Waals surface area contributed by atoms with Gasteiger partial charge in [-0.05, 0) is 28.3 Å². The summed E-state index contributed by atoms with van der Waals surface area (Å²) in [6.07, 6.45) is 3.18. The summed E-state index contributed by atoms with van der Waals surface area (Å²) >= 11 is 0. The third-order valence-corrected chi connectivity index (χ3v) is 4.66. The highest BCUT2D eigenvalue weighted by Gasteiger charge is 2.32. The normalized spacial score (nSPS) is 20.7. The number of hydrogen-bond acceptors (Lipinski definition) is 2. The molecule has 1 atom stereocenters. The highest BCUT2D eigenvalue weighted by atomic mass is 16.2. The summed E-state index contributed by atoms with van der Waals surface area (Å²) in [5.41, 5.74) is 2.37. The van der Waals surface area contributed by atoms with Crippen LogP contribution in [0.2, 0.25) is 0 Å². The number of benzene rings is 2. The van der Waals surface area contributed by atoms with E-state index in [2.05, 4.69) is 41.7 Å². The summed E-state index contributed by atoms with van der Waals surface area (Å²) in [6, 6.07) is 14.2. The van der Waals surface area contributed by atoms with Crippen LogP contribution in [0.1, 0.15) is 18.4 Å². The van der Waals surface area contributed by atoms with Crippen LogP contribution in [0.15, 0.2) is 48.5 Å². The Balaban J connectivity index is 1.56. The summed E-state index contributed by atoms with van der Waals surface area (Å²) in [6.45, 7) is 1.23. The molecule has 2 heterocycles. The van der Waals surface area contributed by atoms with Gasteiger partial charge in [-0.25, -0.2) is 0 Å². The van der Waals surface area contributed by atoms with Crippen molar-refractivity contribution in [3.8, 4) is 0 Å². The van der Waals surface area contributed by atoms with E-state index in [0.29, 0.717) is 25.9 Å². The van der Waals surface area contributed by atoms with Gasteiger partial charge in [-0.3, -0.25) is 9.59 Å². The molecule has 0 radical (unpaired) electrons. The van der Waals surface area contributed by atoms with E-state index in [1.54, 1.807) is 0 Å². The molecule has 2 aromatic rings. The highest BCUT2D eigenvalue weighted by molar-refractivity contribution is 5.97. The second-order valence-electron chi connectivity index (χ2n) is 6.13. The second kappa shape index (κ2) is 5.54. The quantitative estimate of drug-likeness (QED) is 0.926. The van der Waals surface area contributed by atoms with Gasteiger partial charge in [0.05, 0.1) is 0 Å². The molecular weight excluding hydrogens is 288 g/mol. The predicted octanol–water partition coefficient (Wildman–Crippen LogP) is 2.34. The summed E-state index contributed by atoms with van der Waals surface area (Å²) in [5.74, 6) is 0.00659. The molecule has 4 rings (SSSR count). The zero-order chi connectivity index (χ0) is 15.8. The van der Waals surface area contributed by atoms with Gasteiger partial charge in [-0.2, -0.15) is 0 Å². The van der Waals surface area contributed by atoms with Crippen molar-refractivity contribution in [1.29, 1.82) is 0 Å². The number of carbonyl (C=O) groups is 2. The largest absolute Gasteiger partial charge is 0.344 e. The zero-order valence-corrected chi connectivity index (χ0v) is 12.8. The Labute approximate surface area is 134 Å². The SMILES string of the molecule is O=C1CC[C@H](C(=O)N2CC=C(c3cccc4ccccc34)C2)N1. The number of hydrogen-bond donors (Lipinski definition) is 1. The molecule has 0 saturated carbocycles. The van der Waals surface area contributed by atoms with Gasteiger partial charge in [-0.15, -0.1) is 0 Å². The van der Waals surface area contributed by atoms with E-state index in [9.17, 15) is 9.59 Å². The Bertz CT molecular complexity index is 820. The molecule has 4 heteroatoms. The summed E-state index contributed by atoms with van der Waals surface area (Å²) < 4.78 is 0. The lowest BCUT2D eigenvalue weighted by molar-refractivity contribution is -0.133. The van der Waals surface area contributed by atoms with Crippen molar-refractivity contribution < 1.29 is 9.59 Å². The van der Waals surface area contributed by atoms with Gasteiger partial charge in [-0.1, -0.05) is 48.5 Å². The Morgan fingerprint density at radius 2 is 1.96 bits per heavy atom. The van der Waals surface area contributed by atoms with Crippen LogP contribution in [-0.2, 0) is 9.59 Å². The van der Waals surface area contributed by atoms with Gasteiger partial charge in [0.15, 0.2) is 0 Å². The number of fused-ring (bicyclic) bond motifs is 1. The molecule has 2 aliphatic rings. The molecule has 23 heavy (non-hydrogen) atoms. The molecule has 116 valence electrons. The fourth-order valence-corrected chi connectivity index (χ4v) is 3.44. The van der Waals surface area contributed by atoms with Crippen LogP contribution >= 0.6 is 0 Å². The first-order chi connectivity index (χ1) is 11.2. The molecule has 2 aromatic carbocycles. The molecular formula is C19H18N2O2. The van der Waals surface area contributed by atoms with E-state index in [-0.39, 0.29) is 17.9 Å². The lowest BCUT2D eigenvalue weighted by Crippen LogP contribution is -2.43. The van der Waals surface area contributed by atoms with E-state index >= 15 is 0 Å². The number of nitrogens with one attached hydrogen (secondary N) is 1. The summed E-state index contributed by atoms with van der Waals surface area (Å²) in [7, 11) is 0. The maximum atomic E-state index is 12.5. The van der Waals surface area contributed by atoms with Crippen molar-refractivity contribution in [2.75, 3.05) is 13.1 Å². The summed E-state index contributed by atoms with van der Waals surface area (Å²) in [5, 5.41) is 5.18. The average molecular weight is 306 g/mol. The van der Waals surface area contributed by atoms with E-state index < -0.39 is 0 Å². The van der Waals surface area contributed by atoms with E-state index in [0.717, 1.165) is 0 Å². The molecule has 2 aliphatic heterocycles. The van der Waals surface area contributed by atoms with E-state index in [1.165, 1.54) is 21.9 Å². The minimum Gasteiger partial charge on any atom is -0.344 e. The van der Waals surface area contributed by atoms with Crippen molar-refractivity contribution in [3.63, 3.8) is 0 Å². The highest BCUT2D eigenvalue weighted by Crippen LogP contribution is 2.28. The molecule has 0 aliphatic carbocycles. The van der Waals surface area contributed by atoms with Crippen LogP contribution < -0.4 is 5.32 Å². The summed E-state index contributed by atoms with van der Waals surface area (Å²) in [4.78, 5) is 25.6. The van der Waals surface area contributed by atoms with Crippen molar-refractivity contribution in [1.82, 2.24) is 10.2 Å².